The van der Waals surface area contributed by atoms with Gasteiger partial charge in [0.15, 0.2) is 0 Å². The molecular formula is C53H52N2Si2. The SMILES string of the molecule is Cc1cccc(N(c2ccccc2)c2ccc3cc4c(cc3c2)C([Si](C)(C)C)([Si](C)(C)C)c2c-4ccc3cc(N(c4ccccc4)c4cccc(C)c4)ccc23)c1. The van der Waals surface area contributed by atoms with Crippen molar-refractivity contribution in [1.82, 2.24) is 0 Å². The van der Waals surface area contributed by atoms with Crippen molar-refractivity contribution in [3.8, 4) is 11.1 Å². The number of hydrogen-bond donors (Lipinski definition) is 0. The first-order chi connectivity index (χ1) is 27.3. The minimum absolute atomic E-state index is 0.0127. The second-order valence-corrected chi connectivity index (χ2v) is 29.1. The number of fused-ring (bicyclic) bond motifs is 6. The van der Waals surface area contributed by atoms with Gasteiger partial charge in [0.05, 0.1) is 16.1 Å². The fourth-order valence-corrected chi connectivity index (χ4v) is 23.5. The zero-order valence-electron chi connectivity index (χ0n) is 34.6. The van der Waals surface area contributed by atoms with Crippen LogP contribution in [0.3, 0.4) is 0 Å². The molecule has 0 unspecified atom stereocenters. The number of hydrogen-bond acceptors (Lipinski definition) is 2. The van der Waals surface area contributed by atoms with Gasteiger partial charge in [0.1, 0.15) is 0 Å². The molecule has 0 atom stereocenters. The van der Waals surface area contributed by atoms with Gasteiger partial charge < -0.3 is 9.80 Å². The van der Waals surface area contributed by atoms with E-state index >= 15 is 0 Å². The Labute approximate surface area is 341 Å². The van der Waals surface area contributed by atoms with Crippen molar-refractivity contribution >= 4 is 71.8 Å². The Morgan fingerprint density at radius 1 is 0.368 bits per heavy atom. The number of benzene rings is 8. The summed E-state index contributed by atoms with van der Waals surface area (Å²) >= 11 is 0. The number of para-hydroxylation sites is 2. The molecule has 0 bridgehead atoms. The quantitative estimate of drug-likeness (QED) is 0.142. The molecule has 57 heavy (non-hydrogen) atoms. The predicted molar refractivity (Wildman–Crippen MR) is 253 cm³/mol. The monoisotopic (exact) mass is 772 g/mol. The van der Waals surface area contributed by atoms with Gasteiger partial charge in [-0.15, -0.1) is 0 Å². The van der Waals surface area contributed by atoms with Gasteiger partial charge in [0, 0.05) is 38.8 Å². The fraction of sp³-hybridized carbons (Fsp3) is 0.170. The van der Waals surface area contributed by atoms with E-state index in [1.165, 1.54) is 66.5 Å². The molecule has 0 aliphatic heterocycles. The number of anilines is 6. The van der Waals surface area contributed by atoms with Gasteiger partial charge in [-0.05, 0) is 148 Å². The lowest BCUT2D eigenvalue weighted by Crippen LogP contribution is -2.63. The molecule has 0 fully saturated rings. The molecule has 0 heterocycles. The molecule has 0 aromatic heterocycles. The van der Waals surface area contributed by atoms with E-state index in [0.29, 0.717) is 0 Å². The molecule has 9 rings (SSSR count). The van der Waals surface area contributed by atoms with Crippen molar-refractivity contribution in [2.75, 3.05) is 9.80 Å². The van der Waals surface area contributed by atoms with Crippen LogP contribution in [-0.4, -0.2) is 16.1 Å². The highest BCUT2D eigenvalue weighted by atomic mass is 28.4. The summed E-state index contributed by atoms with van der Waals surface area (Å²) in [4.78, 5) is 4.80. The second kappa shape index (κ2) is 13.8. The van der Waals surface area contributed by atoms with Crippen LogP contribution >= 0.6 is 0 Å². The standard InChI is InChI=1S/C53H52N2Si2/c1-37-17-15-23-44(31-37)54(42-19-11-9-12-20-42)46-27-25-39-35-50-49-29-26-40-33-47(55(43-21-13-10-14-22-43)45-24-16-18-38(2)32-45)28-30-48(40)52(49)53(56(3,4)5,57(6,7)8)51(50)36-41(39)34-46/h9-36H,1-8H3. The molecular weight excluding hydrogens is 721 g/mol. The summed E-state index contributed by atoms with van der Waals surface area (Å²) in [6, 6.07) is 63.6. The van der Waals surface area contributed by atoms with E-state index in [-0.39, 0.29) is 4.66 Å². The molecule has 8 aromatic rings. The van der Waals surface area contributed by atoms with Crippen molar-refractivity contribution in [3.63, 3.8) is 0 Å². The van der Waals surface area contributed by atoms with Gasteiger partial charge in [-0.25, -0.2) is 0 Å². The Balaban J connectivity index is 1.26. The lowest BCUT2D eigenvalue weighted by atomic mass is 9.97. The maximum absolute atomic E-state index is 2.63. The lowest BCUT2D eigenvalue weighted by Gasteiger charge is -2.51. The van der Waals surface area contributed by atoms with Crippen LogP contribution in [0.5, 0.6) is 0 Å². The summed E-state index contributed by atoms with van der Waals surface area (Å²) in [7, 11) is -3.94. The topological polar surface area (TPSA) is 6.48 Å². The van der Waals surface area contributed by atoms with Crippen molar-refractivity contribution in [3.05, 3.63) is 192 Å². The van der Waals surface area contributed by atoms with Gasteiger partial charge in [-0.1, -0.05) is 130 Å². The minimum atomic E-state index is -1.97. The third-order valence-electron chi connectivity index (χ3n) is 12.3. The molecule has 1 aliphatic rings. The maximum atomic E-state index is 2.63. The van der Waals surface area contributed by atoms with Crippen LogP contribution in [-0.2, 0) is 4.66 Å². The molecule has 0 radical (unpaired) electrons. The molecule has 0 saturated heterocycles. The zero-order chi connectivity index (χ0) is 39.7. The lowest BCUT2D eigenvalue weighted by molar-refractivity contribution is 0.964. The number of nitrogens with zero attached hydrogens (tertiary/aromatic N) is 2. The van der Waals surface area contributed by atoms with E-state index < -0.39 is 16.1 Å². The summed E-state index contributed by atoms with van der Waals surface area (Å²) in [5.74, 6) is 0. The van der Waals surface area contributed by atoms with Crippen molar-refractivity contribution in [1.29, 1.82) is 0 Å². The number of aryl methyl sites for hydroxylation is 2. The summed E-state index contributed by atoms with van der Waals surface area (Å²) < 4.78 is -0.0127. The van der Waals surface area contributed by atoms with Gasteiger partial charge in [-0.3, -0.25) is 0 Å². The van der Waals surface area contributed by atoms with Crippen LogP contribution in [0.1, 0.15) is 22.3 Å². The van der Waals surface area contributed by atoms with E-state index in [1.54, 1.807) is 11.1 Å². The first-order valence-electron chi connectivity index (χ1n) is 20.3. The summed E-state index contributed by atoms with van der Waals surface area (Å²) in [5.41, 5.74) is 15.5. The second-order valence-electron chi connectivity index (χ2n) is 18.1. The van der Waals surface area contributed by atoms with Gasteiger partial charge in [0.25, 0.3) is 0 Å². The average Bonchev–Trinajstić information content (AvgIpc) is 3.49. The van der Waals surface area contributed by atoms with Crippen LogP contribution in [0.15, 0.2) is 170 Å². The average molecular weight is 773 g/mol. The van der Waals surface area contributed by atoms with E-state index in [0.717, 1.165) is 11.4 Å². The zero-order valence-corrected chi connectivity index (χ0v) is 36.6. The van der Waals surface area contributed by atoms with E-state index in [9.17, 15) is 0 Å². The highest BCUT2D eigenvalue weighted by molar-refractivity contribution is 7.00. The summed E-state index contributed by atoms with van der Waals surface area (Å²) in [6.45, 7) is 20.1. The summed E-state index contributed by atoms with van der Waals surface area (Å²) in [5, 5.41) is 5.29. The Hall–Kier alpha value is -5.69. The Morgan fingerprint density at radius 3 is 1.37 bits per heavy atom. The Bertz CT molecular complexity index is 2780. The third kappa shape index (κ3) is 6.05. The normalized spacial score (nSPS) is 13.4. The highest BCUT2D eigenvalue weighted by Gasteiger charge is 2.59. The van der Waals surface area contributed by atoms with Crippen LogP contribution in [0, 0.1) is 13.8 Å². The van der Waals surface area contributed by atoms with Crippen LogP contribution < -0.4 is 9.80 Å². The molecule has 0 saturated carbocycles. The van der Waals surface area contributed by atoms with E-state index in [4.69, 9.17) is 0 Å². The van der Waals surface area contributed by atoms with Gasteiger partial charge in [-0.2, -0.15) is 0 Å². The van der Waals surface area contributed by atoms with Crippen LogP contribution in [0.4, 0.5) is 34.1 Å². The predicted octanol–water partition coefficient (Wildman–Crippen LogP) is 15.6. The van der Waals surface area contributed by atoms with Crippen LogP contribution in [0.2, 0.25) is 39.3 Å². The molecule has 2 nitrogen and oxygen atoms in total. The van der Waals surface area contributed by atoms with E-state index in [1.807, 2.05) is 0 Å². The first kappa shape index (κ1) is 36.9. The number of rotatable bonds is 8. The summed E-state index contributed by atoms with van der Waals surface area (Å²) in [6.07, 6.45) is 0. The Kier molecular flexibility index (Phi) is 8.91. The fourth-order valence-electron chi connectivity index (χ4n) is 10.4. The van der Waals surface area contributed by atoms with Crippen molar-refractivity contribution < 1.29 is 0 Å². The highest BCUT2D eigenvalue weighted by Crippen LogP contribution is 2.60. The van der Waals surface area contributed by atoms with Gasteiger partial charge in [0.2, 0.25) is 0 Å². The molecule has 0 amide bonds. The molecule has 4 heteroatoms. The van der Waals surface area contributed by atoms with Gasteiger partial charge >= 0.3 is 0 Å². The van der Waals surface area contributed by atoms with E-state index in [2.05, 4.69) is 233 Å². The molecule has 8 aromatic carbocycles. The third-order valence-corrected chi connectivity index (χ3v) is 22.4. The molecule has 0 N–H and O–H groups in total. The Morgan fingerprint density at radius 2 is 0.842 bits per heavy atom. The first-order valence-corrected chi connectivity index (χ1v) is 27.3. The van der Waals surface area contributed by atoms with Crippen LogP contribution in [0.25, 0.3) is 32.7 Å². The molecule has 1 aliphatic carbocycles. The molecule has 0 spiro atoms. The molecule has 282 valence electrons. The minimum Gasteiger partial charge on any atom is -0.310 e. The largest absolute Gasteiger partial charge is 0.310 e. The maximum Gasteiger partial charge on any atom is 0.0579 e. The van der Waals surface area contributed by atoms with Crippen molar-refractivity contribution in [2.24, 2.45) is 0 Å². The van der Waals surface area contributed by atoms with Crippen molar-refractivity contribution in [2.45, 2.75) is 57.8 Å². The smallest absolute Gasteiger partial charge is 0.0579 e.